The number of halogens is 3. The van der Waals surface area contributed by atoms with Gasteiger partial charge in [0.1, 0.15) is 5.75 Å². The summed E-state index contributed by atoms with van der Waals surface area (Å²) in [6.07, 6.45) is -2.79. The molecule has 3 heterocycles. The van der Waals surface area contributed by atoms with Gasteiger partial charge in [0, 0.05) is 25.2 Å². The molecule has 9 heteroatoms. The fourth-order valence-electron chi connectivity index (χ4n) is 4.28. The molecule has 0 aliphatic carbocycles. The normalized spacial score (nSPS) is 22.8. The molecule has 30 heavy (non-hydrogen) atoms. The molecule has 2 fully saturated rings. The van der Waals surface area contributed by atoms with E-state index in [-0.39, 0.29) is 17.7 Å². The number of piperidine rings is 1. The molecule has 2 aliphatic heterocycles. The van der Waals surface area contributed by atoms with E-state index in [4.69, 9.17) is 4.74 Å². The molecule has 2 aromatic rings. The number of phenols is 1. The van der Waals surface area contributed by atoms with Gasteiger partial charge >= 0.3 is 6.18 Å². The lowest BCUT2D eigenvalue weighted by molar-refractivity contribution is -0.137. The number of aryl methyl sites for hydroxylation is 1. The number of likely N-dealkylation sites (tertiary alicyclic amines) is 1. The maximum atomic E-state index is 12.9. The van der Waals surface area contributed by atoms with Crippen molar-refractivity contribution in [2.75, 3.05) is 38.2 Å². The van der Waals surface area contributed by atoms with Gasteiger partial charge in [-0.3, -0.25) is 0 Å². The second kappa shape index (κ2) is 8.03. The van der Waals surface area contributed by atoms with Crippen LogP contribution in [0, 0.1) is 0 Å². The molecular weight excluding hydrogens is 397 g/mol. The Kier molecular flexibility index (Phi) is 5.59. The molecule has 0 radical (unpaired) electrons. The molecule has 1 aromatic carbocycles. The average molecular weight is 422 g/mol. The Morgan fingerprint density at radius 2 is 2.00 bits per heavy atom. The number of aromatic hydroxyl groups is 1. The van der Waals surface area contributed by atoms with E-state index in [9.17, 15) is 18.3 Å². The first-order valence-corrected chi connectivity index (χ1v) is 10.1. The number of rotatable bonds is 3. The number of hydrogen-bond acceptors (Lipinski definition) is 6. The number of hydrogen-bond donors (Lipinski definition) is 1. The van der Waals surface area contributed by atoms with Crippen molar-refractivity contribution in [2.45, 2.75) is 38.1 Å². The zero-order valence-electron chi connectivity index (χ0n) is 17.0. The summed E-state index contributed by atoms with van der Waals surface area (Å²) < 4.78 is 44.7. The Balaban J connectivity index is 1.67. The van der Waals surface area contributed by atoms with Gasteiger partial charge in [-0.15, -0.1) is 10.2 Å². The topological polar surface area (TPSA) is 61.7 Å². The zero-order valence-corrected chi connectivity index (χ0v) is 17.0. The quantitative estimate of drug-likeness (QED) is 0.819. The van der Waals surface area contributed by atoms with Gasteiger partial charge in [-0.05, 0) is 49.7 Å². The molecular formula is C21H25F3N4O2. The molecule has 2 saturated heterocycles. The predicted molar refractivity (Wildman–Crippen MR) is 107 cm³/mol. The molecule has 0 saturated carbocycles. The molecule has 0 bridgehead atoms. The molecule has 1 N–H and O–H groups in total. The zero-order chi connectivity index (χ0) is 21.5. The largest absolute Gasteiger partial charge is 0.507 e. The Morgan fingerprint density at radius 3 is 2.70 bits per heavy atom. The lowest BCUT2D eigenvalue weighted by atomic mass is 9.98. The van der Waals surface area contributed by atoms with E-state index in [2.05, 4.69) is 27.0 Å². The standard InChI is InChI=1S/C21H25F3N4O2/c1-3-13-10-19(28-8-9-30-18-6-7-27(2)12-16(18)28)25-26-20(13)15-5-4-14(11-17(15)29)21(22,23)24/h4-5,10-11,16,18,29H,3,6-9,12H2,1-2H3/t16-,18+/m0/s1. The molecule has 2 atom stereocenters. The molecule has 6 nitrogen and oxygen atoms in total. The number of likely N-dealkylation sites (N-methyl/N-ethyl adjacent to an activating group) is 1. The minimum atomic E-state index is -4.51. The second-order valence-electron chi connectivity index (χ2n) is 7.88. The van der Waals surface area contributed by atoms with E-state index in [1.165, 1.54) is 6.07 Å². The summed E-state index contributed by atoms with van der Waals surface area (Å²) in [6, 6.07) is 5.04. The molecule has 0 unspecified atom stereocenters. The van der Waals surface area contributed by atoms with Crippen molar-refractivity contribution in [1.29, 1.82) is 0 Å². The van der Waals surface area contributed by atoms with Crippen LogP contribution in [0.1, 0.15) is 24.5 Å². The predicted octanol–water partition coefficient (Wildman–Crippen LogP) is 3.34. The molecule has 0 amide bonds. The summed E-state index contributed by atoms with van der Waals surface area (Å²) in [5.74, 6) is 0.275. The maximum absolute atomic E-state index is 12.9. The minimum Gasteiger partial charge on any atom is -0.507 e. The summed E-state index contributed by atoms with van der Waals surface area (Å²) in [5, 5.41) is 18.9. The summed E-state index contributed by atoms with van der Waals surface area (Å²) >= 11 is 0. The van der Waals surface area contributed by atoms with Crippen LogP contribution in [0.5, 0.6) is 5.75 Å². The van der Waals surface area contributed by atoms with E-state index in [0.717, 1.165) is 43.0 Å². The summed E-state index contributed by atoms with van der Waals surface area (Å²) in [4.78, 5) is 4.48. The number of ether oxygens (including phenoxy) is 1. The number of morpholine rings is 1. The summed E-state index contributed by atoms with van der Waals surface area (Å²) in [6.45, 7) is 5.14. The van der Waals surface area contributed by atoms with Crippen molar-refractivity contribution in [1.82, 2.24) is 15.1 Å². The SMILES string of the molecule is CCc1cc(N2CCO[C@@H]3CCN(C)C[C@@H]32)nnc1-c1ccc(C(F)(F)F)cc1O. The fraction of sp³-hybridized carbons (Fsp3) is 0.524. The van der Waals surface area contributed by atoms with Crippen molar-refractivity contribution in [3.05, 3.63) is 35.4 Å². The highest BCUT2D eigenvalue weighted by molar-refractivity contribution is 5.71. The van der Waals surface area contributed by atoms with Crippen LogP contribution in [0.25, 0.3) is 11.3 Å². The van der Waals surface area contributed by atoms with E-state index >= 15 is 0 Å². The van der Waals surface area contributed by atoms with Crippen LogP contribution in [0.3, 0.4) is 0 Å². The van der Waals surface area contributed by atoms with Gasteiger partial charge in [0.25, 0.3) is 0 Å². The van der Waals surface area contributed by atoms with Crippen molar-refractivity contribution in [2.24, 2.45) is 0 Å². The van der Waals surface area contributed by atoms with Crippen LogP contribution in [0.4, 0.5) is 19.0 Å². The molecule has 2 aliphatic rings. The van der Waals surface area contributed by atoms with Crippen molar-refractivity contribution in [3.63, 3.8) is 0 Å². The number of benzene rings is 1. The number of anilines is 1. The highest BCUT2D eigenvalue weighted by atomic mass is 19.4. The number of aromatic nitrogens is 2. The van der Waals surface area contributed by atoms with Gasteiger partial charge in [-0.1, -0.05) is 6.92 Å². The molecule has 4 rings (SSSR count). The lowest BCUT2D eigenvalue weighted by Crippen LogP contribution is -2.59. The van der Waals surface area contributed by atoms with Crippen LogP contribution in [-0.2, 0) is 17.3 Å². The molecule has 162 valence electrons. The minimum absolute atomic E-state index is 0.153. The fourth-order valence-corrected chi connectivity index (χ4v) is 4.28. The highest BCUT2D eigenvalue weighted by Gasteiger charge is 2.37. The van der Waals surface area contributed by atoms with E-state index in [0.29, 0.717) is 25.3 Å². The number of fused-ring (bicyclic) bond motifs is 1. The van der Waals surface area contributed by atoms with Crippen molar-refractivity contribution >= 4 is 5.82 Å². The Bertz CT molecular complexity index is 922. The number of phenolic OH excluding ortho intramolecular Hbond substituents is 1. The Morgan fingerprint density at radius 1 is 1.20 bits per heavy atom. The van der Waals surface area contributed by atoms with Crippen LogP contribution in [-0.4, -0.2) is 65.6 Å². The van der Waals surface area contributed by atoms with Crippen LogP contribution >= 0.6 is 0 Å². The van der Waals surface area contributed by atoms with Gasteiger partial charge in [-0.25, -0.2) is 0 Å². The first kappa shape index (κ1) is 20.9. The van der Waals surface area contributed by atoms with Crippen LogP contribution in [0.2, 0.25) is 0 Å². The first-order chi connectivity index (χ1) is 14.3. The van der Waals surface area contributed by atoms with Gasteiger partial charge in [0.15, 0.2) is 5.82 Å². The van der Waals surface area contributed by atoms with Crippen LogP contribution in [0.15, 0.2) is 24.3 Å². The third-order valence-corrected chi connectivity index (χ3v) is 5.90. The van der Waals surface area contributed by atoms with E-state index < -0.39 is 17.5 Å². The smallest absolute Gasteiger partial charge is 0.416 e. The van der Waals surface area contributed by atoms with Crippen LogP contribution < -0.4 is 4.90 Å². The Labute approximate surface area is 173 Å². The van der Waals surface area contributed by atoms with Crippen molar-refractivity contribution in [3.8, 4) is 17.0 Å². The van der Waals surface area contributed by atoms with Crippen molar-refractivity contribution < 1.29 is 23.0 Å². The third kappa shape index (κ3) is 3.96. The van der Waals surface area contributed by atoms with E-state index in [1.807, 2.05) is 13.0 Å². The summed E-state index contributed by atoms with van der Waals surface area (Å²) in [7, 11) is 2.09. The monoisotopic (exact) mass is 422 g/mol. The first-order valence-electron chi connectivity index (χ1n) is 10.1. The number of alkyl halides is 3. The third-order valence-electron chi connectivity index (χ3n) is 5.90. The van der Waals surface area contributed by atoms with Gasteiger partial charge in [-0.2, -0.15) is 13.2 Å². The maximum Gasteiger partial charge on any atom is 0.416 e. The van der Waals surface area contributed by atoms with E-state index in [1.54, 1.807) is 0 Å². The van der Waals surface area contributed by atoms with Gasteiger partial charge in [0.2, 0.25) is 0 Å². The Hall–Kier alpha value is -2.39. The highest BCUT2D eigenvalue weighted by Crippen LogP contribution is 2.37. The van der Waals surface area contributed by atoms with Gasteiger partial charge < -0.3 is 19.6 Å². The average Bonchev–Trinajstić information content (AvgIpc) is 2.72. The number of nitrogens with zero attached hydrogens (tertiary/aromatic N) is 4. The molecule has 0 spiro atoms. The lowest BCUT2D eigenvalue weighted by Gasteiger charge is -2.46. The second-order valence-corrected chi connectivity index (χ2v) is 7.88. The summed E-state index contributed by atoms with van der Waals surface area (Å²) in [5.41, 5.74) is 0.573. The molecule has 1 aromatic heterocycles. The van der Waals surface area contributed by atoms with Gasteiger partial charge in [0.05, 0.1) is 30.0 Å².